The summed E-state index contributed by atoms with van der Waals surface area (Å²) in [6, 6.07) is 5.42. The van der Waals surface area contributed by atoms with Gasteiger partial charge in [-0.05, 0) is 38.0 Å². The Kier molecular flexibility index (Phi) is 4.62. The molecule has 0 aliphatic carbocycles. The molecule has 16 heavy (non-hydrogen) atoms. The number of hydrogen-bond donors (Lipinski definition) is 2. The molecule has 0 spiro atoms. The lowest BCUT2D eigenvalue weighted by atomic mass is 10.2. The summed E-state index contributed by atoms with van der Waals surface area (Å²) in [5, 5.41) is 6.21. The van der Waals surface area contributed by atoms with Crippen molar-refractivity contribution in [2.45, 2.75) is 33.2 Å². The molecule has 1 aromatic carbocycles. The van der Waals surface area contributed by atoms with Crippen LogP contribution >= 0.6 is 11.6 Å². The highest BCUT2D eigenvalue weighted by molar-refractivity contribution is 6.31. The van der Waals surface area contributed by atoms with Crippen LogP contribution in [0.15, 0.2) is 18.2 Å². The highest BCUT2D eigenvalue weighted by atomic mass is 35.5. The van der Waals surface area contributed by atoms with E-state index < -0.39 is 0 Å². The van der Waals surface area contributed by atoms with Crippen molar-refractivity contribution in [3.8, 4) is 0 Å². The van der Waals surface area contributed by atoms with Crippen LogP contribution < -0.4 is 10.6 Å². The molecule has 3 nitrogen and oxygen atoms in total. The van der Waals surface area contributed by atoms with E-state index in [2.05, 4.69) is 10.6 Å². The maximum atomic E-state index is 11.5. The number of nitrogens with one attached hydrogen (secondary N) is 2. The van der Waals surface area contributed by atoms with Gasteiger partial charge in [-0.1, -0.05) is 24.6 Å². The lowest BCUT2D eigenvalue weighted by Gasteiger charge is -2.12. The number of halogens is 1. The predicted octanol–water partition coefficient (Wildman–Crippen LogP) is 3.57. The number of rotatable bonds is 3. The Morgan fingerprint density at radius 3 is 2.75 bits per heavy atom. The van der Waals surface area contributed by atoms with E-state index in [0.717, 1.165) is 12.0 Å². The molecule has 0 radical (unpaired) electrons. The number of carbonyl (C=O) groups is 1. The van der Waals surface area contributed by atoms with Gasteiger partial charge in [0.25, 0.3) is 0 Å². The first-order valence-electron chi connectivity index (χ1n) is 5.36. The van der Waals surface area contributed by atoms with Crippen molar-refractivity contribution in [2.24, 2.45) is 0 Å². The molecule has 0 saturated carbocycles. The standard InChI is InChI=1S/C12H17ClN2O/c1-4-9(3)14-12(16)15-10-6-5-8(2)11(13)7-10/h5-7,9H,4H2,1-3H3,(H2,14,15,16)/t9-/m1/s1. The summed E-state index contributed by atoms with van der Waals surface area (Å²) in [4.78, 5) is 11.5. The molecule has 0 aromatic heterocycles. The molecule has 0 bridgehead atoms. The second-order valence-corrected chi connectivity index (χ2v) is 4.28. The van der Waals surface area contributed by atoms with Gasteiger partial charge in [-0.25, -0.2) is 4.79 Å². The smallest absolute Gasteiger partial charge is 0.319 e. The van der Waals surface area contributed by atoms with Gasteiger partial charge in [0.15, 0.2) is 0 Å². The van der Waals surface area contributed by atoms with Gasteiger partial charge in [-0.3, -0.25) is 0 Å². The number of amides is 2. The number of benzene rings is 1. The lowest BCUT2D eigenvalue weighted by molar-refractivity contribution is 0.249. The Balaban J connectivity index is 2.59. The zero-order chi connectivity index (χ0) is 12.1. The molecule has 2 amide bonds. The van der Waals surface area contributed by atoms with Gasteiger partial charge in [0.2, 0.25) is 0 Å². The van der Waals surface area contributed by atoms with E-state index >= 15 is 0 Å². The Labute approximate surface area is 101 Å². The molecule has 88 valence electrons. The van der Waals surface area contributed by atoms with E-state index in [9.17, 15) is 4.79 Å². The van der Waals surface area contributed by atoms with Crippen molar-refractivity contribution in [2.75, 3.05) is 5.32 Å². The summed E-state index contributed by atoms with van der Waals surface area (Å²) in [5.74, 6) is 0. The molecule has 0 heterocycles. The molecule has 2 N–H and O–H groups in total. The van der Waals surface area contributed by atoms with Gasteiger partial charge >= 0.3 is 6.03 Å². The molecule has 0 unspecified atom stereocenters. The van der Waals surface area contributed by atoms with Crippen LogP contribution in [-0.2, 0) is 0 Å². The Morgan fingerprint density at radius 2 is 2.19 bits per heavy atom. The summed E-state index contributed by atoms with van der Waals surface area (Å²) >= 11 is 5.96. The number of hydrogen-bond acceptors (Lipinski definition) is 1. The normalized spacial score (nSPS) is 12.0. The van der Waals surface area contributed by atoms with Crippen LogP contribution in [0.5, 0.6) is 0 Å². The molecule has 0 aliphatic rings. The highest BCUT2D eigenvalue weighted by Gasteiger charge is 2.05. The minimum absolute atomic E-state index is 0.168. The van der Waals surface area contributed by atoms with Crippen molar-refractivity contribution < 1.29 is 4.79 Å². The maximum absolute atomic E-state index is 11.5. The summed E-state index contributed by atoms with van der Waals surface area (Å²) in [6.07, 6.45) is 0.905. The van der Waals surface area contributed by atoms with E-state index in [1.165, 1.54) is 0 Å². The second-order valence-electron chi connectivity index (χ2n) is 3.87. The fraction of sp³-hybridized carbons (Fsp3) is 0.417. The van der Waals surface area contributed by atoms with Crippen LogP contribution in [0, 0.1) is 6.92 Å². The first-order chi connectivity index (χ1) is 7.52. The number of anilines is 1. The molecular weight excluding hydrogens is 224 g/mol. The van der Waals surface area contributed by atoms with E-state index in [-0.39, 0.29) is 12.1 Å². The van der Waals surface area contributed by atoms with Gasteiger partial charge in [0.1, 0.15) is 0 Å². The van der Waals surface area contributed by atoms with Crippen LogP contribution in [0.2, 0.25) is 5.02 Å². The molecule has 1 atom stereocenters. The number of urea groups is 1. The Morgan fingerprint density at radius 1 is 1.50 bits per heavy atom. The van der Waals surface area contributed by atoms with Crippen molar-refractivity contribution in [1.29, 1.82) is 0 Å². The third-order valence-corrected chi connectivity index (χ3v) is 2.83. The zero-order valence-corrected chi connectivity index (χ0v) is 10.6. The predicted molar refractivity (Wildman–Crippen MR) is 68.1 cm³/mol. The summed E-state index contributed by atoms with van der Waals surface area (Å²) < 4.78 is 0. The third-order valence-electron chi connectivity index (χ3n) is 2.42. The fourth-order valence-corrected chi connectivity index (χ4v) is 1.34. The molecule has 4 heteroatoms. The molecule has 0 saturated heterocycles. The SMILES string of the molecule is CC[C@@H](C)NC(=O)Nc1ccc(C)c(Cl)c1. The molecule has 0 aliphatic heterocycles. The van der Waals surface area contributed by atoms with Crippen LogP contribution in [0.3, 0.4) is 0 Å². The minimum Gasteiger partial charge on any atom is -0.335 e. The van der Waals surface area contributed by atoms with Gasteiger partial charge < -0.3 is 10.6 Å². The Hall–Kier alpha value is -1.22. The maximum Gasteiger partial charge on any atom is 0.319 e. The van der Waals surface area contributed by atoms with Gasteiger partial charge in [0.05, 0.1) is 0 Å². The quantitative estimate of drug-likeness (QED) is 0.833. The van der Waals surface area contributed by atoms with E-state index in [0.29, 0.717) is 10.7 Å². The summed E-state index contributed by atoms with van der Waals surface area (Å²) in [6.45, 7) is 5.90. The number of carbonyl (C=O) groups excluding carboxylic acids is 1. The van der Waals surface area contributed by atoms with E-state index in [4.69, 9.17) is 11.6 Å². The van der Waals surface area contributed by atoms with Crippen molar-refractivity contribution in [1.82, 2.24) is 5.32 Å². The van der Waals surface area contributed by atoms with Crippen LogP contribution in [0.25, 0.3) is 0 Å². The van der Waals surface area contributed by atoms with E-state index in [1.54, 1.807) is 6.07 Å². The van der Waals surface area contributed by atoms with Gasteiger partial charge in [0, 0.05) is 16.8 Å². The molecule has 1 aromatic rings. The topological polar surface area (TPSA) is 41.1 Å². The van der Waals surface area contributed by atoms with Gasteiger partial charge in [-0.15, -0.1) is 0 Å². The van der Waals surface area contributed by atoms with Crippen molar-refractivity contribution in [3.63, 3.8) is 0 Å². The first-order valence-corrected chi connectivity index (χ1v) is 5.74. The summed E-state index contributed by atoms with van der Waals surface area (Å²) in [7, 11) is 0. The Bertz CT molecular complexity index is 379. The molecule has 1 rings (SSSR count). The molecule has 0 fully saturated rings. The van der Waals surface area contributed by atoms with Gasteiger partial charge in [-0.2, -0.15) is 0 Å². The van der Waals surface area contributed by atoms with Crippen molar-refractivity contribution >= 4 is 23.3 Å². The zero-order valence-electron chi connectivity index (χ0n) is 9.80. The first kappa shape index (κ1) is 12.8. The average molecular weight is 241 g/mol. The third kappa shape index (κ3) is 3.74. The van der Waals surface area contributed by atoms with Crippen LogP contribution in [0.4, 0.5) is 10.5 Å². The second kappa shape index (κ2) is 5.75. The number of aryl methyl sites for hydroxylation is 1. The van der Waals surface area contributed by atoms with Crippen molar-refractivity contribution in [3.05, 3.63) is 28.8 Å². The largest absolute Gasteiger partial charge is 0.335 e. The van der Waals surface area contributed by atoms with Crippen LogP contribution in [0.1, 0.15) is 25.8 Å². The average Bonchev–Trinajstić information content (AvgIpc) is 2.23. The minimum atomic E-state index is -0.200. The summed E-state index contributed by atoms with van der Waals surface area (Å²) in [5.41, 5.74) is 1.70. The monoisotopic (exact) mass is 240 g/mol. The fourth-order valence-electron chi connectivity index (χ4n) is 1.16. The highest BCUT2D eigenvalue weighted by Crippen LogP contribution is 2.19. The lowest BCUT2D eigenvalue weighted by Crippen LogP contribution is -2.35. The van der Waals surface area contributed by atoms with Crippen LogP contribution in [-0.4, -0.2) is 12.1 Å². The molecular formula is C12H17ClN2O. The van der Waals surface area contributed by atoms with E-state index in [1.807, 2.05) is 32.9 Å².